The largest absolute Gasteiger partial charge is 0.348 e. The maximum absolute atomic E-state index is 13.6. The zero-order chi connectivity index (χ0) is 16.2. The van der Waals surface area contributed by atoms with E-state index in [0.717, 1.165) is 12.1 Å². The SMILES string of the molecule is O=C(NCc1ccccc1F)c1ccc(F)cc1-n1cnnn1. The number of rotatable bonds is 4. The van der Waals surface area contributed by atoms with Crippen LogP contribution in [0, 0.1) is 11.6 Å². The number of benzene rings is 2. The molecule has 23 heavy (non-hydrogen) atoms. The van der Waals surface area contributed by atoms with Gasteiger partial charge in [-0.3, -0.25) is 4.79 Å². The van der Waals surface area contributed by atoms with Crippen molar-refractivity contribution in [1.82, 2.24) is 25.5 Å². The van der Waals surface area contributed by atoms with E-state index < -0.39 is 17.5 Å². The van der Waals surface area contributed by atoms with Crippen molar-refractivity contribution >= 4 is 5.91 Å². The van der Waals surface area contributed by atoms with Crippen LogP contribution in [0.5, 0.6) is 0 Å². The minimum atomic E-state index is -0.527. The molecule has 0 aliphatic carbocycles. The number of nitrogens with one attached hydrogen (secondary N) is 1. The Kier molecular flexibility index (Phi) is 4.05. The van der Waals surface area contributed by atoms with E-state index in [9.17, 15) is 13.6 Å². The Labute approximate surface area is 129 Å². The van der Waals surface area contributed by atoms with Crippen molar-refractivity contribution in [2.45, 2.75) is 6.54 Å². The zero-order valence-corrected chi connectivity index (χ0v) is 11.8. The van der Waals surface area contributed by atoms with Crippen molar-refractivity contribution < 1.29 is 13.6 Å². The molecule has 0 unspecified atom stereocenters. The van der Waals surface area contributed by atoms with Crippen LogP contribution in [0.4, 0.5) is 8.78 Å². The first kappa shape index (κ1) is 14.8. The number of halogens is 2. The predicted octanol–water partition coefficient (Wildman–Crippen LogP) is 1.87. The van der Waals surface area contributed by atoms with Crippen LogP contribution in [0.3, 0.4) is 0 Å². The summed E-state index contributed by atoms with van der Waals surface area (Å²) in [4.78, 5) is 12.3. The highest BCUT2D eigenvalue weighted by Crippen LogP contribution is 2.15. The Balaban J connectivity index is 1.84. The summed E-state index contributed by atoms with van der Waals surface area (Å²) in [6, 6.07) is 9.75. The molecule has 0 saturated heterocycles. The second-order valence-electron chi connectivity index (χ2n) is 4.69. The van der Waals surface area contributed by atoms with E-state index in [1.54, 1.807) is 18.2 Å². The number of amides is 1. The lowest BCUT2D eigenvalue weighted by atomic mass is 10.1. The first-order chi connectivity index (χ1) is 11.1. The lowest BCUT2D eigenvalue weighted by Gasteiger charge is -2.10. The molecule has 0 aliphatic rings. The van der Waals surface area contributed by atoms with E-state index in [-0.39, 0.29) is 17.8 Å². The quantitative estimate of drug-likeness (QED) is 0.798. The van der Waals surface area contributed by atoms with Gasteiger partial charge in [0.25, 0.3) is 5.91 Å². The first-order valence-corrected chi connectivity index (χ1v) is 6.69. The molecule has 1 heterocycles. The highest BCUT2D eigenvalue weighted by molar-refractivity contribution is 5.97. The minimum Gasteiger partial charge on any atom is -0.348 e. The third-order valence-corrected chi connectivity index (χ3v) is 3.20. The third kappa shape index (κ3) is 3.20. The summed E-state index contributed by atoms with van der Waals surface area (Å²) in [7, 11) is 0. The van der Waals surface area contributed by atoms with Gasteiger partial charge in [-0.1, -0.05) is 18.2 Å². The molecule has 0 aliphatic heterocycles. The Morgan fingerprint density at radius 1 is 1.17 bits per heavy atom. The number of carbonyl (C=O) groups excluding carboxylic acids is 1. The van der Waals surface area contributed by atoms with Crippen LogP contribution in [-0.2, 0) is 6.54 Å². The summed E-state index contributed by atoms with van der Waals surface area (Å²) in [5, 5.41) is 13.2. The summed E-state index contributed by atoms with van der Waals surface area (Å²) in [6.45, 7) is 0.0118. The normalized spacial score (nSPS) is 10.5. The summed E-state index contributed by atoms with van der Waals surface area (Å²) < 4.78 is 28.2. The van der Waals surface area contributed by atoms with Crippen LogP contribution >= 0.6 is 0 Å². The molecule has 0 bridgehead atoms. The van der Waals surface area contributed by atoms with Gasteiger partial charge < -0.3 is 5.32 Å². The molecule has 1 N–H and O–H groups in total. The molecule has 2 aromatic carbocycles. The third-order valence-electron chi connectivity index (χ3n) is 3.20. The van der Waals surface area contributed by atoms with Crippen molar-refractivity contribution in [3.05, 3.63) is 71.6 Å². The van der Waals surface area contributed by atoms with Gasteiger partial charge in [-0.25, -0.2) is 8.78 Å². The molecule has 3 aromatic rings. The number of carbonyl (C=O) groups is 1. The Hall–Kier alpha value is -3.16. The Morgan fingerprint density at radius 2 is 2.00 bits per heavy atom. The van der Waals surface area contributed by atoms with Crippen LogP contribution in [0.25, 0.3) is 5.69 Å². The summed E-state index contributed by atoms with van der Waals surface area (Å²) in [5.74, 6) is -1.42. The molecular formula is C15H11F2N5O. The van der Waals surface area contributed by atoms with Crippen molar-refractivity contribution in [2.75, 3.05) is 0 Å². The summed E-state index contributed by atoms with van der Waals surface area (Å²) in [5.41, 5.74) is 0.725. The van der Waals surface area contributed by atoms with Crippen LogP contribution in [0.1, 0.15) is 15.9 Å². The number of nitrogens with zero attached hydrogens (tertiary/aromatic N) is 4. The monoisotopic (exact) mass is 315 g/mol. The second kappa shape index (κ2) is 6.30. The van der Waals surface area contributed by atoms with Gasteiger partial charge in [0.05, 0.1) is 11.3 Å². The highest BCUT2D eigenvalue weighted by Gasteiger charge is 2.15. The fourth-order valence-corrected chi connectivity index (χ4v) is 2.07. The van der Waals surface area contributed by atoms with Gasteiger partial charge in [-0.05, 0) is 28.6 Å². The van der Waals surface area contributed by atoms with Crippen LogP contribution in [0.15, 0.2) is 48.8 Å². The van der Waals surface area contributed by atoms with Crippen molar-refractivity contribution in [3.8, 4) is 5.69 Å². The van der Waals surface area contributed by atoms with E-state index in [4.69, 9.17) is 0 Å². The van der Waals surface area contributed by atoms with Gasteiger partial charge in [-0.2, -0.15) is 4.68 Å². The van der Waals surface area contributed by atoms with E-state index >= 15 is 0 Å². The number of tetrazole rings is 1. The molecular weight excluding hydrogens is 304 g/mol. The number of hydrogen-bond donors (Lipinski definition) is 1. The van der Waals surface area contributed by atoms with Gasteiger partial charge in [-0.15, -0.1) is 5.10 Å². The topological polar surface area (TPSA) is 72.7 Å². The minimum absolute atomic E-state index is 0.0118. The molecule has 6 nitrogen and oxygen atoms in total. The standard InChI is InChI=1S/C15H11F2N5O/c16-11-5-6-12(14(7-11)22-9-19-20-21-22)15(23)18-8-10-3-1-2-4-13(10)17/h1-7,9H,8H2,(H,18,23). The van der Waals surface area contributed by atoms with Crippen LogP contribution in [-0.4, -0.2) is 26.1 Å². The van der Waals surface area contributed by atoms with E-state index in [1.165, 1.54) is 23.1 Å². The molecule has 8 heteroatoms. The molecule has 0 radical (unpaired) electrons. The molecule has 3 rings (SSSR count). The average molecular weight is 315 g/mol. The van der Waals surface area contributed by atoms with Gasteiger partial charge in [0.1, 0.15) is 18.0 Å². The van der Waals surface area contributed by atoms with Gasteiger partial charge >= 0.3 is 0 Å². The Bertz CT molecular complexity index is 836. The maximum atomic E-state index is 13.6. The first-order valence-electron chi connectivity index (χ1n) is 6.69. The van der Waals surface area contributed by atoms with E-state index in [2.05, 4.69) is 20.8 Å². The van der Waals surface area contributed by atoms with Crippen molar-refractivity contribution in [1.29, 1.82) is 0 Å². The fourth-order valence-electron chi connectivity index (χ4n) is 2.07. The lowest BCUT2D eigenvalue weighted by Crippen LogP contribution is -2.25. The number of aromatic nitrogens is 4. The molecule has 0 fully saturated rings. The zero-order valence-electron chi connectivity index (χ0n) is 11.8. The van der Waals surface area contributed by atoms with Gasteiger partial charge in [0.2, 0.25) is 0 Å². The molecule has 0 spiro atoms. The lowest BCUT2D eigenvalue weighted by molar-refractivity contribution is 0.0950. The van der Waals surface area contributed by atoms with E-state index in [1.807, 2.05) is 0 Å². The maximum Gasteiger partial charge on any atom is 0.253 e. The van der Waals surface area contributed by atoms with Gasteiger partial charge in [0.15, 0.2) is 0 Å². The fraction of sp³-hybridized carbons (Fsp3) is 0.0667. The van der Waals surface area contributed by atoms with Crippen molar-refractivity contribution in [3.63, 3.8) is 0 Å². The molecule has 1 aromatic heterocycles. The summed E-state index contributed by atoms with van der Waals surface area (Å²) in [6.07, 6.45) is 1.25. The second-order valence-corrected chi connectivity index (χ2v) is 4.69. The smallest absolute Gasteiger partial charge is 0.253 e. The average Bonchev–Trinajstić information content (AvgIpc) is 3.08. The van der Waals surface area contributed by atoms with Crippen molar-refractivity contribution in [2.24, 2.45) is 0 Å². The van der Waals surface area contributed by atoms with Gasteiger partial charge in [0, 0.05) is 18.2 Å². The molecule has 0 atom stereocenters. The van der Waals surface area contributed by atoms with E-state index in [0.29, 0.717) is 5.56 Å². The van der Waals surface area contributed by atoms with Crippen LogP contribution in [0.2, 0.25) is 0 Å². The summed E-state index contributed by atoms with van der Waals surface area (Å²) >= 11 is 0. The Morgan fingerprint density at radius 3 is 2.74 bits per heavy atom. The highest BCUT2D eigenvalue weighted by atomic mass is 19.1. The van der Waals surface area contributed by atoms with Crippen LogP contribution < -0.4 is 5.32 Å². The predicted molar refractivity (Wildman–Crippen MR) is 76.7 cm³/mol. The number of hydrogen-bond acceptors (Lipinski definition) is 4. The molecule has 116 valence electrons. The molecule has 1 amide bonds. The molecule has 0 saturated carbocycles.